The molecule has 1 unspecified atom stereocenters. The van der Waals surface area contributed by atoms with Gasteiger partial charge >= 0.3 is 6.09 Å². The van der Waals surface area contributed by atoms with Gasteiger partial charge in [0.25, 0.3) is 0 Å². The molecule has 1 spiro atoms. The van der Waals surface area contributed by atoms with E-state index in [4.69, 9.17) is 4.74 Å². The zero-order valence-corrected chi connectivity index (χ0v) is 17.5. The molecule has 2 fully saturated rings. The first-order valence-corrected chi connectivity index (χ1v) is 10.3. The first-order chi connectivity index (χ1) is 11.5. The lowest BCUT2D eigenvalue weighted by Crippen LogP contribution is -2.63. The van der Waals surface area contributed by atoms with Crippen molar-refractivity contribution in [1.82, 2.24) is 10.2 Å². The Labute approximate surface area is 155 Å². The summed E-state index contributed by atoms with van der Waals surface area (Å²) in [5.41, 5.74) is -0.373. The van der Waals surface area contributed by atoms with E-state index < -0.39 is 5.60 Å². The van der Waals surface area contributed by atoms with Gasteiger partial charge in [-0.05, 0) is 77.2 Å². The zero-order valence-electron chi connectivity index (χ0n) is 17.5. The summed E-state index contributed by atoms with van der Waals surface area (Å²) in [6.07, 6.45) is 5.48. The molecular weight excluding hydrogens is 312 g/mol. The Morgan fingerprint density at radius 3 is 2.24 bits per heavy atom. The lowest BCUT2D eigenvalue weighted by molar-refractivity contribution is -0.0497. The van der Waals surface area contributed by atoms with Gasteiger partial charge in [0.2, 0.25) is 0 Å². The number of nitrogens with zero attached hydrogens (tertiary/aromatic N) is 1. The second-order valence-electron chi connectivity index (χ2n) is 9.96. The molecular formula is C21H40N2O2. The minimum Gasteiger partial charge on any atom is -0.444 e. The Hall–Kier alpha value is -0.770. The molecule has 0 aromatic heterocycles. The third-order valence-electron chi connectivity index (χ3n) is 6.15. The summed E-state index contributed by atoms with van der Waals surface area (Å²) in [4.78, 5) is 14.7. The molecule has 1 saturated heterocycles. The number of carbonyl (C=O) groups excluding carboxylic acids is 1. The SMILES string of the molecule is CC(C)C(CNC1CCN(C(=O)OC(C)(C)C)C2(CCC2)C1)C(C)C. The minimum absolute atomic E-state index is 0.0450. The van der Waals surface area contributed by atoms with Gasteiger partial charge in [-0.1, -0.05) is 27.7 Å². The molecule has 4 heteroatoms. The van der Waals surface area contributed by atoms with E-state index in [1.165, 1.54) is 6.42 Å². The van der Waals surface area contributed by atoms with Crippen LogP contribution in [-0.4, -0.2) is 41.3 Å². The zero-order chi connectivity index (χ0) is 18.8. The molecule has 1 amide bonds. The monoisotopic (exact) mass is 352 g/mol. The maximum atomic E-state index is 12.7. The van der Waals surface area contributed by atoms with Crippen molar-refractivity contribution >= 4 is 6.09 Å². The van der Waals surface area contributed by atoms with Crippen molar-refractivity contribution in [2.24, 2.45) is 17.8 Å². The predicted octanol–water partition coefficient (Wildman–Crippen LogP) is 4.83. The molecule has 1 atom stereocenters. The highest BCUT2D eigenvalue weighted by Crippen LogP contribution is 2.45. The van der Waals surface area contributed by atoms with E-state index in [1.54, 1.807) is 0 Å². The summed E-state index contributed by atoms with van der Waals surface area (Å²) in [5, 5.41) is 3.84. The fourth-order valence-corrected chi connectivity index (χ4v) is 4.57. The van der Waals surface area contributed by atoms with Gasteiger partial charge in [0, 0.05) is 18.1 Å². The van der Waals surface area contributed by atoms with E-state index in [0.29, 0.717) is 23.8 Å². The average Bonchev–Trinajstić information content (AvgIpc) is 2.42. The normalized spacial score (nSPS) is 23.4. The fourth-order valence-electron chi connectivity index (χ4n) is 4.57. The molecule has 0 bridgehead atoms. The number of hydrogen-bond acceptors (Lipinski definition) is 3. The Bertz CT molecular complexity index is 441. The summed E-state index contributed by atoms with van der Waals surface area (Å²) in [5.74, 6) is 2.11. The lowest BCUT2D eigenvalue weighted by atomic mass is 9.69. The first kappa shape index (κ1) is 20.5. The number of amides is 1. The molecule has 0 aromatic carbocycles. The smallest absolute Gasteiger partial charge is 0.410 e. The highest BCUT2D eigenvalue weighted by Gasteiger charge is 2.49. The maximum Gasteiger partial charge on any atom is 0.410 e. The van der Waals surface area contributed by atoms with Crippen molar-refractivity contribution in [2.45, 2.75) is 97.8 Å². The number of rotatable bonds is 5. The Kier molecular flexibility index (Phi) is 6.45. The van der Waals surface area contributed by atoms with Crippen LogP contribution < -0.4 is 5.32 Å². The quantitative estimate of drug-likeness (QED) is 0.771. The fraction of sp³-hybridized carbons (Fsp3) is 0.952. The van der Waals surface area contributed by atoms with E-state index in [9.17, 15) is 4.79 Å². The molecule has 1 aliphatic carbocycles. The minimum atomic E-state index is -0.418. The molecule has 1 aliphatic heterocycles. The van der Waals surface area contributed by atoms with Crippen LogP contribution in [0.1, 0.15) is 80.6 Å². The maximum absolute atomic E-state index is 12.7. The van der Waals surface area contributed by atoms with E-state index in [-0.39, 0.29) is 11.6 Å². The van der Waals surface area contributed by atoms with Crippen molar-refractivity contribution in [3.05, 3.63) is 0 Å². The van der Waals surface area contributed by atoms with Crippen LogP contribution in [0.15, 0.2) is 0 Å². The van der Waals surface area contributed by atoms with Crippen LogP contribution in [0.3, 0.4) is 0 Å². The lowest BCUT2D eigenvalue weighted by Gasteiger charge is -2.55. The summed E-state index contributed by atoms with van der Waals surface area (Å²) in [7, 11) is 0. The number of nitrogens with one attached hydrogen (secondary N) is 1. The Morgan fingerprint density at radius 1 is 1.20 bits per heavy atom. The van der Waals surface area contributed by atoms with Gasteiger partial charge in [-0.25, -0.2) is 4.79 Å². The molecule has 2 rings (SSSR count). The molecule has 4 nitrogen and oxygen atoms in total. The highest BCUT2D eigenvalue weighted by molar-refractivity contribution is 5.69. The number of likely N-dealkylation sites (tertiary alicyclic amines) is 1. The van der Waals surface area contributed by atoms with Gasteiger partial charge in [0.05, 0.1) is 0 Å². The van der Waals surface area contributed by atoms with Crippen molar-refractivity contribution in [3.63, 3.8) is 0 Å². The molecule has 1 saturated carbocycles. The number of hydrogen-bond donors (Lipinski definition) is 1. The molecule has 146 valence electrons. The highest BCUT2D eigenvalue weighted by atomic mass is 16.6. The molecule has 1 heterocycles. The number of carbonyl (C=O) groups is 1. The van der Waals surface area contributed by atoms with E-state index in [0.717, 1.165) is 38.8 Å². The average molecular weight is 353 g/mol. The standard InChI is InChI=1S/C21H40N2O2/c1-15(2)18(16(3)4)14-22-17-9-12-23(19(24)25-20(5,6)7)21(13-17)10-8-11-21/h15-18,22H,8-14H2,1-7H3. The van der Waals surface area contributed by atoms with E-state index >= 15 is 0 Å². The van der Waals surface area contributed by atoms with Crippen molar-refractivity contribution in [2.75, 3.05) is 13.1 Å². The molecule has 0 aromatic rings. The van der Waals surface area contributed by atoms with Crippen LogP contribution >= 0.6 is 0 Å². The van der Waals surface area contributed by atoms with Gasteiger partial charge in [0.1, 0.15) is 5.60 Å². The second-order valence-corrected chi connectivity index (χ2v) is 9.96. The summed E-state index contributed by atoms with van der Waals surface area (Å²) < 4.78 is 5.67. The molecule has 0 radical (unpaired) electrons. The topological polar surface area (TPSA) is 41.6 Å². The number of ether oxygens (including phenoxy) is 1. The van der Waals surface area contributed by atoms with Crippen LogP contribution in [-0.2, 0) is 4.74 Å². The first-order valence-electron chi connectivity index (χ1n) is 10.3. The van der Waals surface area contributed by atoms with Gasteiger partial charge in [-0.2, -0.15) is 0 Å². The third kappa shape index (κ3) is 5.12. The van der Waals surface area contributed by atoms with Crippen LogP contribution in [0.2, 0.25) is 0 Å². The largest absolute Gasteiger partial charge is 0.444 e. The Morgan fingerprint density at radius 2 is 1.80 bits per heavy atom. The summed E-state index contributed by atoms with van der Waals surface area (Å²) in [6, 6.07) is 0.527. The van der Waals surface area contributed by atoms with Crippen LogP contribution in [0.4, 0.5) is 4.79 Å². The molecule has 25 heavy (non-hydrogen) atoms. The molecule has 1 N–H and O–H groups in total. The molecule has 2 aliphatic rings. The Balaban J connectivity index is 1.95. The van der Waals surface area contributed by atoms with E-state index in [1.807, 2.05) is 25.7 Å². The van der Waals surface area contributed by atoms with Gasteiger partial charge in [-0.15, -0.1) is 0 Å². The van der Waals surface area contributed by atoms with Gasteiger partial charge in [-0.3, -0.25) is 0 Å². The third-order valence-corrected chi connectivity index (χ3v) is 6.15. The van der Waals surface area contributed by atoms with Crippen LogP contribution in [0.5, 0.6) is 0 Å². The van der Waals surface area contributed by atoms with Crippen molar-refractivity contribution in [1.29, 1.82) is 0 Å². The van der Waals surface area contributed by atoms with Gasteiger partial charge < -0.3 is 15.0 Å². The summed E-state index contributed by atoms with van der Waals surface area (Å²) >= 11 is 0. The van der Waals surface area contributed by atoms with Gasteiger partial charge in [0.15, 0.2) is 0 Å². The number of piperidine rings is 1. The summed E-state index contributed by atoms with van der Waals surface area (Å²) in [6.45, 7) is 17.1. The van der Waals surface area contributed by atoms with Crippen molar-refractivity contribution < 1.29 is 9.53 Å². The second kappa shape index (κ2) is 7.85. The van der Waals surface area contributed by atoms with Crippen molar-refractivity contribution in [3.8, 4) is 0 Å². The van der Waals surface area contributed by atoms with E-state index in [2.05, 4.69) is 33.0 Å². The van der Waals surface area contributed by atoms with Crippen LogP contribution in [0.25, 0.3) is 0 Å². The van der Waals surface area contributed by atoms with Crippen LogP contribution in [0, 0.1) is 17.8 Å². The predicted molar refractivity (Wildman–Crippen MR) is 104 cm³/mol.